The Bertz CT molecular complexity index is 870. The van der Waals surface area contributed by atoms with Crippen molar-refractivity contribution in [3.63, 3.8) is 0 Å². The number of ether oxygens (including phenoxy) is 1. The lowest BCUT2D eigenvalue weighted by Crippen LogP contribution is -2.13. The normalized spacial score (nSPS) is 10.7. The van der Waals surface area contributed by atoms with Crippen LogP contribution in [-0.4, -0.2) is 12.5 Å². The summed E-state index contributed by atoms with van der Waals surface area (Å²) in [5, 5.41) is 12.7. The van der Waals surface area contributed by atoms with Crippen LogP contribution in [0.4, 0.5) is 5.69 Å². The van der Waals surface area contributed by atoms with Crippen LogP contribution in [0.15, 0.2) is 60.7 Å². The molecule has 0 aliphatic heterocycles. The minimum Gasteiger partial charge on any atom is -0.488 e. The van der Waals surface area contributed by atoms with Crippen molar-refractivity contribution in [2.45, 2.75) is 0 Å². The topological polar surface area (TPSA) is 62.1 Å². The third-order valence-electron chi connectivity index (χ3n) is 3.07. The van der Waals surface area contributed by atoms with Crippen molar-refractivity contribution in [2.75, 3.05) is 11.9 Å². The van der Waals surface area contributed by atoms with Gasteiger partial charge in [0, 0.05) is 10.7 Å². The molecule has 0 saturated heterocycles. The molecule has 0 spiro atoms. The Morgan fingerprint density at radius 2 is 2.08 bits per heavy atom. The van der Waals surface area contributed by atoms with Crippen LogP contribution in [0.5, 0.6) is 5.75 Å². The number of nitriles is 1. The number of halogens is 2. The lowest BCUT2D eigenvalue weighted by Gasteiger charge is -2.07. The van der Waals surface area contributed by atoms with E-state index in [1.807, 2.05) is 6.07 Å². The fraction of sp³-hybridized carbons (Fsp3) is 0.0526. The molecule has 6 heteroatoms. The van der Waals surface area contributed by atoms with Gasteiger partial charge >= 0.3 is 0 Å². The number of benzene rings is 2. The van der Waals surface area contributed by atoms with Gasteiger partial charge in [-0.1, -0.05) is 48.0 Å². The fourth-order valence-corrected chi connectivity index (χ4v) is 2.39. The van der Waals surface area contributed by atoms with Crippen LogP contribution in [0.1, 0.15) is 5.56 Å². The second kappa shape index (κ2) is 8.93. The highest BCUT2D eigenvalue weighted by molar-refractivity contribution is 6.32. The molecule has 0 saturated carbocycles. The Labute approximate surface area is 155 Å². The molecule has 25 heavy (non-hydrogen) atoms. The highest BCUT2D eigenvalue weighted by Crippen LogP contribution is 2.26. The molecule has 0 unspecified atom stereocenters. The van der Waals surface area contributed by atoms with E-state index in [1.54, 1.807) is 48.5 Å². The van der Waals surface area contributed by atoms with E-state index in [1.165, 1.54) is 6.08 Å². The molecule has 0 atom stereocenters. The molecular weight excluding hydrogens is 359 g/mol. The standard InChI is InChI=1S/C19H14Cl2N2O2/c1-2-8-25-18-7-6-13(10-17(18)21)9-14(12-22)19(24)23-16-5-3-4-15(20)11-16/h2-7,9-11H,1,8H2,(H,23,24)/b14-9+. The first-order valence-corrected chi connectivity index (χ1v) is 8.01. The molecule has 2 aromatic carbocycles. The zero-order valence-corrected chi connectivity index (χ0v) is 14.6. The van der Waals surface area contributed by atoms with Crippen molar-refractivity contribution in [1.29, 1.82) is 5.26 Å². The minimum atomic E-state index is -0.534. The van der Waals surface area contributed by atoms with Gasteiger partial charge in [0.2, 0.25) is 0 Å². The number of amides is 1. The number of nitrogens with one attached hydrogen (secondary N) is 1. The van der Waals surface area contributed by atoms with Crippen LogP contribution < -0.4 is 10.1 Å². The van der Waals surface area contributed by atoms with Crippen molar-refractivity contribution in [1.82, 2.24) is 0 Å². The van der Waals surface area contributed by atoms with E-state index in [2.05, 4.69) is 11.9 Å². The average molecular weight is 373 g/mol. The molecule has 0 radical (unpaired) electrons. The molecule has 2 rings (SSSR count). The van der Waals surface area contributed by atoms with E-state index in [0.717, 1.165) is 0 Å². The Morgan fingerprint density at radius 3 is 2.72 bits per heavy atom. The van der Waals surface area contributed by atoms with Crippen LogP contribution in [0.3, 0.4) is 0 Å². The van der Waals surface area contributed by atoms with E-state index >= 15 is 0 Å². The molecular formula is C19H14Cl2N2O2. The van der Waals surface area contributed by atoms with E-state index < -0.39 is 5.91 Å². The zero-order chi connectivity index (χ0) is 18.2. The van der Waals surface area contributed by atoms with E-state index in [0.29, 0.717) is 33.7 Å². The minimum absolute atomic E-state index is 0.0594. The first kappa shape index (κ1) is 18.6. The average Bonchev–Trinajstić information content (AvgIpc) is 2.58. The molecule has 0 bridgehead atoms. The maximum Gasteiger partial charge on any atom is 0.266 e. The quantitative estimate of drug-likeness (QED) is 0.435. The molecule has 0 aliphatic rings. The van der Waals surface area contributed by atoms with Crippen LogP contribution in [0.2, 0.25) is 10.0 Å². The van der Waals surface area contributed by atoms with Gasteiger partial charge in [-0.3, -0.25) is 4.79 Å². The Hall–Kier alpha value is -2.74. The number of anilines is 1. The lowest BCUT2D eigenvalue weighted by molar-refractivity contribution is -0.112. The van der Waals surface area contributed by atoms with Crippen molar-refractivity contribution in [3.05, 3.63) is 76.3 Å². The van der Waals surface area contributed by atoms with E-state index in [4.69, 9.17) is 27.9 Å². The molecule has 4 nitrogen and oxygen atoms in total. The number of hydrogen-bond donors (Lipinski definition) is 1. The van der Waals surface area contributed by atoms with Crippen molar-refractivity contribution >= 4 is 40.9 Å². The summed E-state index contributed by atoms with van der Waals surface area (Å²) in [6, 6.07) is 13.5. The van der Waals surface area contributed by atoms with Crippen molar-refractivity contribution in [2.24, 2.45) is 0 Å². The summed E-state index contributed by atoms with van der Waals surface area (Å²) in [5.74, 6) is -0.0338. The van der Waals surface area contributed by atoms with Crippen molar-refractivity contribution in [3.8, 4) is 11.8 Å². The van der Waals surface area contributed by atoms with Gasteiger partial charge in [-0.05, 0) is 42.0 Å². The summed E-state index contributed by atoms with van der Waals surface area (Å²) in [6.45, 7) is 3.90. The zero-order valence-electron chi connectivity index (χ0n) is 13.1. The largest absolute Gasteiger partial charge is 0.488 e. The van der Waals surface area contributed by atoms with E-state index in [-0.39, 0.29) is 5.57 Å². The molecule has 2 aromatic rings. The van der Waals surface area contributed by atoms with Crippen LogP contribution in [-0.2, 0) is 4.79 Å². The monoisotopic (exact) mass is 372 g/mol. The Balaban J connectivity index is 2.19. The number of nitrogens with zero attached hydrogens (tertiary/aromatic N) is 1. The summed E-state index contributed by atoms with van der Waals surface area (Å²) in [4.78, 5) is 12.2. The molecule has 126 valence electrons. The Morgan fingerprint density at radius 1 is 1.28 bits per heavy atom. The predicted molar refractivity (Wildman–Crippen MR) is 101 cm³/mol. The van der Waals surface area contributed by atoms with Gasteiger partial charge in [-0.15, -0.1) is 0 Å². The second-order valence-corrected chi connectivity index (χ2v) is 5.77. The molecule has 0 fully saturated rings. The molecule has 0 aromatic heterocycles. The van der Waals surface area contributed by atoms with Crippen LogP contribution in [0, 0.1) is 11.3 Å². The van der Waals surface area contributed by atoms with E-state index in [9.17, 15) is 10.1 Å². The van der Waals surface area contributed by atoms with Gasteiger partial charge in [-0.25, -0.2) is 0 Å². The summed E-state index contributed by atoms with van der Waals surface area (Å²) in [7, 11) is 0. The number of carbonyl (C=O) groups excluding carboxylic acids is 1. The fourth-order valence-electron chi connectivity index (χ4n) is 1.95. The first-order valence-electron chi connectivity index (χ1n) is 7.25. The lowest BCUT2D eigenvalue weighted by atomic mass is 10.1. The molecule has 1 amide bonds. The summed E-state index contributed by atoms with van der Waals surface area (Å²) < 4.78 is 5.38. The van der Waals surface area contributed by atoms with Crippen LogP contribution >= 0.6 is 23.2 Å². The molecule has 1 N–H and O–H groups in total. The smallest absolute Gasteiger partial charge is 0.266 e. The summed E-state index contributed by atoms with van der Waals surface area (Å²) >= 11 is 12.0. The highest BCUT2D eigenvalue weighted by Gasteiger charge is 2.10. The Kier molecular flexibility index (Phi) is 6.64. The SMILES string of the molecule is C=CCOc1ccc(/C=C(\C#N)C(=O)Nc2cccc(Cl)c2)cc1Cl. The maximum atomic E-state index is 12.2. The number of carbonyl (C=O) groups is 1. The van der Waals surface area contributed by atoms with Gasteiger partial charge in [0.15, 0.2) is 0 Å². The molecule has 0 aliphatic carbocycles. The first-order chi connectivity index (χ1) is 12.0. The van der Waals surface area contributed by atoms with Crippen molar-refractivity contribution < 1.29 is 9.53 Å². The number of hydrogen-bond acceptors (Lipinski definition) is 3. The number of rotatable bonds is 6. The van der Waals surface area contributed by atoms with Gasteiger partial charge in [-0.2, -0.15) is 5.26 Å². The maximum absolute atomic E-state index is 12.2. The van der Waals surface area contributed by atoms with Gasteiger partial charge in [0.25, 0.3) is 5.91 Å². The summed E-state index contributed by atoms with van der Waals surface area (Å²) in [6.07, 6.45) is 3.06. The van der Waals surface area contributed by atoms with Gasteiger partial charge in [0.1, 0.15) is 24.0 Å². The van der Waals surface area contributed by atoms with Gasteiger partial charge < -0.3 is 10.1 Å². The van der Waals surface area contributed by atoms with Gasteiger partial charge in [0.05, 0.1) is 5.02 Å². The third-order valence-corrected chi connectivity index (χ3v) is 3.60. The highest BCUT2D eigenvalue weighted by atomic mass is 35.5. The second-order valence-electron chi connectivity index (χ2n) is 4.92. The third kappa shape index (κ3) is 5.39. The summed E-state index contributed by atoms with van der Waals surface area (Å²) in [5.41, 5.74) is 1.05. The predicted octanol–water partition coefficient (Wildman–Crippen LogP) is 5.10. The molecule has 0 heterocycles. The van der Waals surface area contributed by atoms with Crippen LogP contribution in [0.25, 0.3) is 6.08 Å².